The standard InChI is InChI=1S/C21H31NO5S/c1-7-27-21(24)15(3)16(4)22(20(23)14-28-8-2)12-11-17-9-10-18(25-5)19(13-17)26-6/h9-10,13H,7-8,11-12,14H2,1-6H3/b16-15-. The summed E-state index contributed by atoms with van der Waals surface area (Å²) in [5, 5.41) is 0. The Kier molecular flexibility index (Phi) is 10.5. The van der Waals surface area contributed by atoms with Gasteiger partial charge in [-0.2, -0.15) is 11.8 Å². The Labute approximate surface area is 172 Å². The van der Waals surface area contributed by atoms with Gasteiger partial charge >= 0.3 is 5.97 Å². The molecule has 0 bridgehead atoms. The van der Waals surface area contributed by atoms with Crippen LogP contribution in [0.4, 0.5) is 0 Å². The van der Waals surface area contributed by atoms with Crippen molar-refractivity contribution in [2.75, 3.05) is 38.9 Å². The second-order valence-electron chi connectivity index (χ2n) is 6.05. The van der Waals surface area contributed by atoms with Crippen molar-refractivity contribution >= 4 is 23.6 Å². The SMILES string of the molecule is CCOC(=O)/C(C)=C(/C)N(CCc1ccc(OC)c(OC)c1)C(=O)CSCC. The lowest BCUT2D eigenvalue weighted by atomic mass is 10.1. The lowest BCUT2D eigenvalue weighted by Crippen LogP contribution is -2.34. The average molecular weight is 410 g/mol. The summed E-state index contributed by atoms with van der Waals surface area (Å²) in [6, 6.07) is 5.70. The largest absolute Gasteiger partial charge is 0.493 e. The van der Waals surface area contributed by atoms with Crippen molar-refractivity contribution in [3.63, 3.8) is 0 Å². The maximum absolute atomic E-state index is 12.7. The van der Waals surface area contributed by atoms with E-state index in [9.17, 15) is 9.59 Å². The maximum atomic E-state index is 12.7. The van der Waals surface area contributed by atoms with Crippen LogP contribution in [-0.4, -0.2) is 55.7 Å². The van der Waals surface area contributed by atoms with Gasteiger partial charge in [-0.15, -0.1) is 0 Å². The van der Waals surface area contributed by atoms with E-state index in [4.69, 9.17) is 14.2 Å². The van der Waals surface area contributed by atoms with E-state index in [1.54, 1.807) is 51.7 Å². The third-order valence-electron chi connectivity index (χ3n) is 4.33. The lowest BCUT2D eigenvalue weighted by Gasteiger charge is -2.25. The van der Waals surface area contributed by atoms with E-state index >= 15 is 0 Å². The minimum absolute atomic E-state index is 0.0199. The molecule has 0 aliphatic rings. The van der Waals surface area contributed by atoms with Crippen molar-refractivity contribution in [3.05, 3.63) is 35.0 Å². The van der Waals surface area contributed by atoms with Crippen molar-refractivity contribution in [2.45, 2.75) is 34.1 Å². The molecule has 0 radical (unpaired) electrons. The van der Waals surface area contributed by atoms with Crippen LogP contribution in [0.5, 0.6) is 11.5 Å². The highest BCUT2D eigenvalue weighted by Gasteiger charge is 2.20. The van der Waals surface area contributed by atoms with Crippen LogP contribution >= 0.6 is 11.8 Å². The summed E-state index contributed by atoms with van der Waals surface area (Å²) >= 11 is 1.56. The van der Waals surface area contributed by atoms with E-state index in [1.165, 1.54) is 0 Å². The Morgan fingerprint density at radius 2 is 1.75 bits per heavy atom. The van der Waals surface area contributed by atoms with E-state index in [2.05, 4.69) is 0 Å². The third kappa shape index (κ3) is 6.78. The van der Waals surface area contributed by atoms with Crippen LogP contribution in [0.1, 0.15) is 33.3 Å². The molecule has 0 N–H and O–H groups in total. The van der Waals surface area contributed by atoms with Crippen LogP contribution in [0.2, 0.25) is 0 Å². The van der Waals surface area contributed by atoms with Crippen molar-refractivity contribution in [1.29, 1.82) is 0 Å². The predicted molar refractivity (Wildman–Crippen MR) is 113 cm³/mol. The zero-order valence-corrected chi connectivity index (χ0v) is 18.5. The summed E-state index contributed by atoms with van der Waals surface area (Å²) in [7, 11) is 3.19. The van der Waals surface area contributed by atoms with E-state index in [0.29, 0.717) is 48.1 Å². The first-order valence-corrected chi connectivity index (χ1v) is 10.5. The highest BCUT2D eigenvalue weighted by molar-refractivity contribution is 7.99. The van der Waals surface area contributed by atoms with Gasteiger partial charge < -0.3 is 19.1 Å². The summed E-state index contributed by atoms with van der Waals surface area (Å²) in [6.07, 6.45) is 0.621. The summed E-state index contributed by atoms with van der Waals surface area (Å²) < 4.78 is 15.7. The number of amides is 1. The predicted octanol–water partition coefficient (Wildman–Crippen LogP) is 3.69. The first-order chi connectivity index (χ1) is 13.4. The molecule has 156 valence electrons. The average Bonchev–Trinajstić information content (AvgIpc) is 2.71. The Morgan fingerprint density at radius 1 is 1.07 bits per heavy atom. The molecule has 0 atom stereocenters. The first-order valence-electron chi connectivity index (χ1n) is 9.33. The van der Waals surface area contributed by atoms with Gasteiger partial charge in [-0.1, -0.05) is 13.0 Å². The van der Waals surface area contributed by atoms with Crippen molar-refractivity contribution in [3.8, 4) is 11.5 Å². The third-order valence-corrected chi connectivity index (χ3v) is 5.19. The van der Waals surface area contributed by atoms with Gasteiger partial charge in [0.05, 0.1) is 32.2 Å². The number of nitrogens with zero attached hydrogens (tertiary/aromatic N) is 1. The van der Waals surface area contributed by atoms with E-state index in [-0.39, 0.29) is 5.91 Å². The minimum atomic E-state index is -0.396. The highest BCUT2D eigenvalue weighted by Crippen LogP contribution is 2.28. The molecule has 0 spiro atoms. The van der Waals surface area contributed by atoms with Gasteiger partial charge in [0.15, 0.2) is 11.5 Å². The van der Waals surface area contributed by atoms with Crippen LogP contribution in [0.25, 0.3) is 0 Å². The van der Waals surface area contributed by atoms with Crippen LogP contribution in [0.15, 0.2) is 29.5 Å². The number of carbonyl (C=O) groups is 2. The fraction of sp³-hybridized carbons (Fsp3) is 0.524. The van der Waals surface area contributed by atoms with Gasteiger partial charge in [0, 0.05) is 12.2 Å². The van der Waals surface area contributed by atoms with Gasteiger partial charge in [-0.05, 0) is 50.6 Å². The molecule has 7 heteroatoms. The number of methoxy groups -OCH3 is 2. The van der Waals surface area contributed by atoms with E-state index < -0.39 is 5.97 Å². The molecule has 0 fully saturated rings. The van der Waals surface area contributed by atoms with Crippen LogP contribution < -0.4 is 9.47 Å². The number of allylic oxidation sites excluding steroid dienone is 1. The van der Waals surface area contributed by atoms with Crippen LogP contribution in [0.3, 0.4) is 0 Å². The number of ether oxygens (including phenoxy) is 3. The fourth-order valence-electron chi connectivity index (χ4n) is 2.61. The summed E-state index contributed by atoms with van der Waals surface area (Å²) in [4.78, 5) is 26.5. The molecule has 28 heavy (non-hydrogen) atoms. The molecule has 0 aromatic heterocycles. The number of benzene rings is 1. The second-order valence-corrected chi connectivity index (χ2v) is 7.33. The molecule has 0 unspecified atom stereocenters. The molecule has 1 amide bonds. The van der Waals surface area contributed by atoms with Crippen LogP contribution in [-0.2, 0) is 20.7 Å². The van der Waals surface area contributed by atoms with Crippen molar-refractivity contribution in [1.82, 2.24) is 4.90 Å². The zero-order chi connectivity index (χ0) is 21.1. The van der Waals surface area contributed by atoms with Gasteiger partial charge in [0.2, 0.25) is 5.91 Å². The number of carbonyl (C=O) groups excluding carboxylic acids is 2. The molecular weight excluding hydrogens is 378 g/mol. The van der Waals surface area contributed by atoms with Crippen LogP contribution in [0, 0.1) is 0 Å². The monoisotopic (exact) mass is 409 g/mol. The van der Waals surface area contributed by atoms with E-state index in [1.807, 2.05) is 25.1 Å². The molecule has 0 heterocycles. The number of rotatable bonds is 11. The summed E-state index contributed by atoms with van der Waals surface area (Å²) in [5.74, 6) is 2.12. The van der Waals surface area contributed by atoms with Gasteiger partial charge in [-0.25, -0.2) is 4.79 Å². The smallest absolute Gasteiger partial charge is 0.335 e. The van der Waals surface area contributed by atoms with Gasteiger partial charge in [0.25, 0.3) is 0 Å². The number of thioether (sulfide) groups is 1. The molecule has 1 rings (SSSR count). The minimum Gasteiger partial charge on any atom is -0.493 e. The fourth-order valence-corrected chi connectivity index (χ4v) is 3.15. The maximum Gasteiger partial charge on any atom is 0.335 e. The molecule has 0 aliphatic carbocycles. The Balaban J connectivity index is 3.05. The molecule has 1 aromatic carbocycles. The van der Waals surface area contributed by atoms with Gasteiger partial charge in [-0.3, -0.25) is 4.79 Å². The normalized spacial score (nSPS) is 11.5. The number of hydrogen-bond donors (Lipinski definition) is 0. The first kappa shape index (κ1) is 23.9. The molecule has 6 nitrogen and oxygen atoms in total. The Hall–Kier alpha value is -2.15. The lowest BCUT2D eigenvalue weighted by molar-refractivity contribution is -0.138. The topological polar surface area (TPSA) is 65.1 Å². The number of hydrogen-bond acceptors (Lipinski definition) is 6. The van der Waals surface area contributed by atoms with E-state index in [0.717, 1.165) is 11.3 Å². The van der Waals surface area contributed by atoms with Crippen molar-refractivity contribution < 1.29 is 23.8 Å². The molecule has 0 saturated carbocycles. The molecule has 0 saturated heterocycles. The van der Waals surface area contributed by atoms with Gasteiger partial charge in [0.1, 0.15) is 0 Å². The highest BCUT2D eigenvalue weighted by atomic mass is 32.2. The second kappa shape index (κ2) is 12.3. The molecule has 0 aliphatic heterocycles. The van der Waals surface area contributed by atoms with Crippen molar-refractivity contribution in [2.24, 2.45) is 0 Å². The Morgan fingerprint density at radius 3 is 2.32 bits per heavy atom. The zero-order valence-electron chi connectivity index (χ0n) is 17.7. The molecular formula is C21H31NO5S. The number of esters is 1. The summed E-state index contributed by atoms with van der Waals surface area (Å²) in [6.45, 7) is 8.01. The quantitative estimate of drug-likeness (QED) is 0.410. The Bertz CT molecular complexity index is 702. The summed E-state index contributed by atoms with van der Waals surface area (Å²) in [5.41, 5.74) is 2.09. The molecule has 1 aromatic rings.